The first-order valence-corrected chi connectivity index (χ1v) is 9.34. The summed E-state index contributed by atoms with van der Waals surface area (Å²) in [6.07, 6.45) is 5.27. The molecule has 0 aromatic heterocycles. The van der Waals surface area contributed by atoms with E-state index in [4.69, 9.17) is 9.47 Å². The number of nitrogens with zero attached hydrogens (tertiary/aromatic N) is 1. The molecule has 0 saturated heterocycles. The third-order valence-corrected chi connectivity index (χ3v) is 4.74. The molecule has 1 fully saturated rings. The molecule has 1 saturated carbocycles. The predicted molar refractivity (Wildman–Crippen MR) is 95.9 cm³/mol. The Balaban J connectivity index is 1.95. The standard InChI is InChI=1S/C20H31NO3/c1-3-21(4-2)15-16-23-20(22)19(17-11-7-5-8-12-17)24-18-13-9-6-10-14-18/h5,7-8,11-12,18-19H,3-4,6,9-10,13-16H2,1-2H3. The van der Waals surface area contributed by atoms with Crippen LogP contribution in [0.25, 0.3) is 0 Å². The molecule has 0 bridgehead atoms. The summed E-state index contributed by atoms with van der Waals surface area (Å²) in [5.41, 5.74) is 0.885. The summed E-state index contributed by atoms with van der Waals surface area (Å²) in [6.45, 7) is 7.35. The fourth-order valence-electron chi connectivity index (χ4n) is 3.18. The summed E-state index contributed by atoms with van der Waals surface area (Å²) in [6, 6.07) is 9.72. The van der Waals surface area contributed by atoms with Crippen molar-refractivity contribution in [1.82, 2.24) is 4.90 Å². The number of hydrogen-bond acceptors (Lipinski definition) is 4. The summed E-state index contributed by atoms with van der Waals surface area (Å²) >= 11 is 0. The highest BCUT2D eigenvalue weighted by Gasteiger charge is 2.27. The lowest BCUT2D eigenvalue weighted by Crippen LogP contribution is -2.30. The highest BCUT2D eigenvalue weighted by atomic mass is 16.6. The van der Waals surface area contributed by atoms with Gasteiger partial charge in [-0.2, -0.15) is 0 Å². The topological polar surface area (TPSA) is 38.8 Å². The second-order valence-corrected chi connectivity index (χ2v) is 6.38. The molecule has 24 heavy (non-hydrogen) atoms. The van der Waals surface area contributed by atoms with E-state index in [9.17, 15) is 4.79 Å². The molecule has 2 rings (SSSR count). The molecule has 4 heteroatoms. The Hall–Kier alpha value is -1.39. The molecule has 134 valence electrons. The fraction of sp³-hybridized carbons (Fsp3) is 0.650. The Morgan fingerprint density at radius 2 is 1.79 bits per heavy atom. The maximum absolute atomic E-state index is 12.6. The Bertz CT molecular complexity index is 467. The first-order valence-electron chi connectivity index (χ1n) is 9.34. The first-order chi connectivity index (χ1) is 11.7. The van der Waals surface area contributed by atoms with Gasteiger partial charge in [0.2, 0.25) is 0 Å². The number of likely N-dealkylation sites (N-methyl/N-ethyl adjacent to an activating group) is 1. The van der Waals surface area contributed by atoms with Crippen LogP contribution in [-0.4, -0.2) is 43.2 Å². The Morgan fingerprint density at radius 1 is 1.12 bits per heavy atom. The summed E-state index contributed by atoms with van der Waals surface area (Å²) in [5, 5.41) is 0. The SMILES string of the molecule is CCN(CC)CCOC(=O)C(OC1CCCCC1)c1ccccc1. The fourth-order valence-corrected chi connectivity index (χ4v) is 3.18. The van der Waals surface area contributed by atoms with Gasteiger partial charge in [0, 0.05) is 6.54 Å². The number of carbonyl (C=O) groups is 1. The number of ether oxygens (including phenoxy) is 2. The van der Waals surface area contributed by atoms with E-state index in [1.807, 2.05) is 30.3 Å². The highest BCUT2D eigenvalue weighted by Crippen LogP contribution is 2.28. The number of benzene rings is 1. The number of carbonyl (C=O) groups excluding carboxylic acids is 1. The Labute approximate surface area is 146 Å². The van der Waals surface area contributed by atoms with Crippen LogP contribution in [0.4, 0.5) is 0 Å². The molecule has 1 aliphatic carbocycles. The van der Waals surface area contributed by atoms with E-state index in [1.165, 1.54) is 19.3 Å². The van der Waals surface area contributed by atoms with Crippen molar-refractivity contribution in [3.05, 3.63) is 35.9 Å². The maximum Gasteiger partial charge on any atom is 0.339 e. The summed E-state index contributed by atoms with van der Waals surface area (Å²) in [4.78, 5) is 14.9. The normalized spacial score (nSPS) is 17.0. The molecule has 1 atom stereocenters. The third kappa shape index (κ3) is 5.91. The van der Waals surface area contributed by atoms with Gasteiger partial charge >= 0.3 is 5.97 Å². The van der Waals surface area contributed by atoms with E-state index < -0.39 is 6.10 Å². The molecule has 1 unspecified atom stereocenters. The molecule has 1 aromatic rings. The van der Waals surface area contributed by atoms with Crippen molar-refractivity contribution in [2.24, 2.45) is 0 Å². The van der Waals surface area contributed by atoms with Gasteiger partial charge in [0.25, 0.3) is 0 Å². The van der Waals surface area contributed by atoms with Crippen molar-refractivity contribution >= 4 is 5.97 Å². The minimum absolute atomic E-state index is 0.166. The lowest BCUT2D eigenvalue weighted by atomic mass is 9.97. The van der Waals surface area contributed by atoms with Crippen molar-refractivity contribution in [1.29, 1.82) is 0 Å². The molecule has 1 aromatic carbocycles. The highest BCUT2D eigenvalue weighted by molar-refractivity contribution is 5.76. The maximum atomic E-state index is 12.6. The van der Waals surface area contributed by atoms with Crippen molar-refractivity contribution in [3.8, 4) is 0 Å². The van der Waals surface area contributed by atoms with Crippen LogP contribution in [0.3, 0.4) is 0 Å². The summed E-state index contributed by atoms with van der Waals surface area (Å²) < 4.78 is 11.7. The van der Waals surface area contributed by atoms with Gasteiger partial charge < -0.3 is 14.4 Å². The van der Waals surface area contributed by atoms with E-state index in [-0.39, 0.29) is 12.1 Å². The van der Waals surface area contributed by atoms with E-state index in [0.29, 0.717) is 6.61 Å². The lowest BCUT2D eigenvalue weighted by molar-refractivity contribution is -0.163. The van der Waals surface area contributed by atoms with Gasteiger partial charge in [0.05, 0.1) is 6.10 Å². The van der Waals surface area contributed by atoms with Crippen LogP contribution in [0, 0.1) is 0 Å². The largest absolute Gasteiger partial charge is 0.462 e. The Kier molecular flexibility index (Phi) is 8.26. The molecule has 0 radical (unpaired) electrons. The van der Waals surface area contributed by atoms with Gasteiger partial charge in [-0.25, -0.2) is 4.79 Å². The number of rotatable bonds is 9. The van der Waals surface area contributed by atoms with Crippen LogP contribution in [0.1, 0.15) is 57.6 Å². The zero-order valence-electron chi connectivity index (χ0n) is 15.1. The van der Waals surface area contributed by atoms with Gasteiger partial charge in [-0.3, -0.25) is 0 Å². The second kappa shape index (κ2) is 10.5. The summed E-state index contributed by atoms with van der Waals surface area (Å²) in [5.74, 6) is -0.265. The first kappa shape index (κ1) is 18.9. The van der Waals surface area contributed by atoms with E-state index in [0.717, 1.165) is 38.0 Å². The average Bonchev–Trinajstić information content (AvgIpc) is 2.64. The van der Waals surface area contributed by atoms with Crippen LogP contribution in [0.15, 0.2) is 30.3 Å². The van der Waals surface area contributed by atoms with Crippen molar-refractivity contribution in [2.45, 2.75) is 58.2 Å². The van der Waals surface area contributed by atoms with E-state index in [2.05, 4.69) is 18.7 Å². The number of esters is 1. The zero-order valence-corrected chi connectivity index (χ0v) is 15.1. The van der Waals surface area contributed by atoms with Gasteiger partial charge in [-0.15, -0.1) is 0 Å². The average molecular weight is 333 g/mol. The van der Waals surface area contributed by atoms with Gasteiger partial charge in [0.1, 0.15) is 6.61 Å². The molecular formula is C20H31NO3. The van der Waals surface area contributed by atoms with Crippen LogP contribution >= 0.6 is 0 Å². The van der Waals surface area contributed by atoms with Crippen molar-refractivity contribution < 1.29 is 14.3 Å². The Morgan fingerprint density at radius 3 is 2.42 bits per heavy atom. The third-order valence-electron chi connectivity index (χ3n) is 4.74. The monoisotopic (exact) mass is 333 g/mol. The van der Waals surface area contributed by atoms with Crippen LogP contribution in [-0.2, 0) is 14.3 Å². The second-order valence-electron chi connectivity index (χ2n) is 6.38. The minimum atomic E-state index is -0.606. The van der Waals surface area contributed by atoms with Crippen molar-refractivity contribution in [2.75, 3.05) is 26.2 Å². The minimum Gasteiger partial charge on any atom is -0.462 e. The molecular weight excluding hydrogens is 302 g/mol. The van der Waals surface area contributed by atoms with E-state index >= 15 is 0 Å². The van der Waals surface area contributed by atoms with Crippen LogP contribution in [0.2, 0.25) is 0 Å². The van der Waals surface area contributed by atoms with Crippen molar-refractivity contribution in [3.63, 3.8) is 0 Å². The quantitative estimate of drug-likeness (QED) is 0.641. The molecule has 0 spiro atoms. The smallest absolute Gasteiger partial charge is 0.339 e. The summed E-state index contributed by atoms with van der Waals surface area (Å²) in [7, 11) is 0. The van der Waals surface area contributed by atoms with E-state index in [1.54, 1.807) is 0 Å². The molecule has 0 amide bonds. The predicted octanol–water partition coefficient (Wildman–Crippen LogP) is 3.96. The lowest BCUT2D eigenvalue weighted by Gasteiger charge is -2.27. The van der Waals surface area contributed by atoms with Crippen LogP contribution in [0.5, 0.6) is 0 Å². The van der Waals surface area contributed by atoms with Gasteiger partial charge in [-0.05, 0) is 31.5 Å². The molecule has 0 N–H and O–H groups in total. The molecule has 4 nitrogen and oxygen atoms in total. The molecule has 1 aliphatic rings. The molecule has 0 aliphatic heterocycles. The van der Waals surface area contributed by atoms with Gasteiger partial charge in [-0.1, -0.05) is 63.4 Å². The number of hydrogen-bond donors (Lipinski definition) is 0. The molecule has 0 heterocycles. The van der Waals surface area contributed by atoms with Crippen LogP contribution < -0.4 is 0 Å². The zero-order chi connectivity index (χ0) is 17.2. The van der Waals surface area contributed by atoms with Gasteiger partial charge in [0.15, 0.2) is 6.10 Å².